The summed E-state index contributed by atoms with van der Waals surface area (Å²) in [5.74, 6) is -0.316. The van der Waals surface area contributed by atoms with E-state index in [4.69, 9.17) is 16.9 Å². The van der Waals surface area contributed by atoms with E-state index in [-0.39, 0.29) is 17.5 Å². The number of hydrogen-bond acceptors (Lipinski definition) is 3. The van der Waals surface area contributed by atoms with Crippen molar-refractivity contribution in [2.24, 2.45) is 0 Å². The molecular weight excluding hydrogens is 292 g/mol. The molecule has 1 aromatic heterocycles. The predicted molar refractivity (Wildman–Crippen MR) is 81.6 cm³/mol. The summed E-state index contributed by atoms with van der Waals surface area (Å²) in [4.78, 5) is 12.7. The molecule has 1 amide bonds. The van der Waals surface area contributed by atoms with Crippen LogP contribution in [0, 0.1) is 11.3 Å². The zero-order valence-electron chi connectivity index (χ0n) is 10.5. The summed E-state index contributed by atoms with van der Waals surface area (Å²) in [7, 11) is 0. The van der Waals surface area contributed by atoms with Gasteiger partial charge in [-0.3, -0.25) is 4.79 Å². The van der Waals surface area contributed by atoms with Crippen molar-refractivity contribution in [3.05, 3.63) is 39.7 Å². The number of thiophene rings is 1. The topological polar surface area (TPSA) is 52.9 Å². The smallest absolute Gasteiger partial charge is 0.262 e. The number of halogens is 1. The number of nitriles is 1. The highest BCUT2D eigenvalue weighted by molar-refractivity contribution is 7.20. The van der Waals surface area contributed by atoms with E-state index in [1.54, 1.807) is 6.08 Å². The first-order chi connectivity index (χ1) is 9.69. The Bertz CT molecular complexity index is 753. The van der Waals surface area contributed by atoms with E-state index in [1.165, 1.54) is 11.3 Å². The number of carbonyl (C=O) groups excluding carboxylic acids is 1. The fraction of sp³-hybridized carbons (Fsp3) is 0.200. The van der Waals surface area contributed by atoms with Crippen LogP contribution in [0.3, 0.4) is 0 Å². The molecule has 0 aliphatic heterocycles. The molecule has 0 saturated heterocycles. The predicted octanol–water partition coefficient (Wildman–Crippen LogP) is 3.74. The lowest BCUT2D eigenvalue weighted by Crippen LogP contribution is -2.26. The fourth-order valence-corrected chi connectivity index (χ4v) is 3.33. The third kappa shape index (κ3) is 2.55. The fourth-order valence-electron chi connectivity index (χ4n) is 1.90. The van der Waals surface area contributed by atoms with E-state index in [1.807, 2.05) is 30.3 Å². The van der Waals surface area contributed by atoms with Gasteiger partial charge in [-0.1, -0.05) is 29.8 Å². The quantitative estimate of drug-likeness (QED) is 0.693. The first-order valence-electron chi connectivity index (χ1n) is 6.28. The number of hydrogen-bond donors (Lipinski definition) is 1. The van der Waals surface area contributed by atoms with Crippen molar-refractivity contribution in [1.82, 2.24) is 5.32 Å². The van der Waals surface area contributed by atoms with Crippen LogP contribution in [0.2, 0.25) is 5.02 Å². The highest BCUT2D eigenvalue weighted by Gasteiger charge is 2.25. The molecule has 1 N–H and O–H groups in total. The summed E-state index contributed by atoms with van der Waals surface area (Å²) in [5, 5.41) is 13.5. The van der Waals surface area contributed by atoms with Gasteiger partial charge < -0.3 is 5.32 Å². The van der Waals surface area contributed by atoms with Crippen LogP contribution < -0.4 is 5.32 Å². The monoisotopic (exact) mass is 302 g/mol. The zero-order chi connectivity index (χ0) is 14.1. The van der Waals surface area contributed by atoms with Crippen molar-refractivity contribution in [3.8, 4) is 6.07 Å². The molecule has 0 radical (unpaired) electrons. The van der Waals surface area contributed by atoms with Gasteiger partial charge in [-0.15, -0.1) is 11.3 Å². The van der Waals surface area contributed by atoms with Gasteiger partial charge in [-0.25, -0.2) is 0 Å². The third-order valence-electron chi connectivity index (χ3n) is 3.11. The molecule has 20 heavy (non-hydrogen) atoms. The largest absolute Gasteiger partial charge is 0.349 e. The number of rotatable bonds is 3. The minimum atomic E-state index is -0.316. The minimum absolute atomic E-state index is 0.102. The van der Waals surface area contributed by atoms with Gasteiger partial charge in [0.25, 0.3) is 5.91 Å². The Morgan fingerprint density at radius 3 is 2.85 bits per heavy atom. The molecule has 0 spiro atoms. The summed E-state index contributed by atoms with van der Waals surface area (Å²) < 4.78 is 1.05. The van der Waals surface area contributed by atoms with E-state index >= 15 is 0 Å². The average molecular weight is 303 g/mol. The van der Waals surface area contributed by atoms with Gasteiger partial charge in [0.05, 0.1) is 5.02 Å². The maximum atomic E-state index is 11.9. The Balaban J connectivity index is 1.96. The van der Waals surface area contributed by atoms with E-state index in [0.717, 1.165) is 27.8 Å². The zero-order valence-corrected chi connectivity index (χ0v) is 12.1. The molecule has 1 heterocycles. The normalized spacial score (nSPS) is 15.1. The molecule has 0 atom stereocenters. The Morgan fingerprint density at radius 2 is 2.20 bits per heavy atom. The van der Waals surface area contributed by atoms with E-state index in [0.29, 0.717) is 5.02 Å². The van der Waals surface area contributed by atoms with Crippen LogP contribution in [0.5, 0.6) is 0 Å². The second-order valence-corrected chi connectivity index (χ2v) is 6.16. The van der Waals surface area contributed by atoms with Crippen molar-refractivity contribution in [3.63, 3.8) is 0 Å². The number of amides is 1. The van der Waals surface area contributed by atoms with E-state index < -0.39 is 0 Å². The van der Waals surface area contributed by atoms with E-state index in [2.05, 4.69) is 5.32 Å². The standard InChI is InChI=1S/C15H11ClN2OS/c16-14-11-3-1-2-4-12(11)20-13(14)7-9(8-17)15(19)18-10-5-6-10/h1-4,7,10H,5-6H2,(H,18,19)/b9-7+. The van der Waals surface area contributed by atoms with Crippen molar-refractivity contribution in [2.45, 2.75) is 18.9 Å². The molecule has 1 aromatic carbocycles. The van der Waals surface area contributed by atoms with Crippen LogP contribution in [0.15, 0.2) is 29.8 Å². The van der Waals surface area contributed by atoms with Gasteiger partial charge in [-0.2, -0.15) is 5.26 Å². The molecule has 1 aliphatic carbocycles. The summed E-state index contributed by atoms with van der Waals surface area (Å²) in [6.45, 7) is 0. The summed E-state index contributed by atoms with van der Waals surface area (Å²) in [6, 6.07) is 9.94. The minimum Gasteiger partial charge on any atom is -0.349 e. The second-order valence-electron chi connectivity index (χ2n) is 4.69. The molecule has 2 aromatic rings. The molecule has 3 nitrogen and oxygen atoms in total. The molecule has 3 rings (SSSR count). The van der Waals surface area contributed by atoms with Crippen LogP contribution in [-0.2, 0) is 4.79 Å². The van der Waals surface area contributed by atoms with Crippen molar-refractivity contribution < 1.29 is 4.79 Å². The maximum Gasteiger partial charge on any atom is 0.262 e. The molecule has 1 saturated carbocycles. The summed E-state index contributed by atoms with van der Waals surface area (Å²) in [5.41, 5.74) is 0.102. The lowest BCUT2D eigenvalue weighted by Gasteiger charge is -2.00. The van der Waals surface area contributed by atoms with Crippen LogP contribution in [0.25, 0.3) is 16.2 Å². The van der Waals surface area contributed by atoms with Gasteiger partial charge in [0, 0.05) is 21.0 Å². The Labute approximate surface area is 125 Å². The Hall–Kier alpha value is -1.83. The average Bonchev–Trinajstić information content (AvgIpc) is 3.21. The Kier molecular flexibility index (Phi) is 3.47. The highest BCUT2D eigenvalue weighted by Crippen LogP contribution is 2.36. The number of nitrogens with one attached hydrogen (secondary N) is 1. The van der Waals surface area contributed by atoms with Crippen LogP contribution in [0.1, 0.15) is 17.7 Å². The van der Waals surface area contributed by atoms with Crippen molar-refractivity contribution in [2.75, 3.05) is 0 Å². The molecule has 5 heteroatoms. The molecule has 0 bridgehead atoms. The number of carbonyl (C=O) groups is 1. The lowest BCUT2D eigenvalue weighted by atomic mass is 10.2. The molecule has 0 unspecified atom stereocenters. The van der Waals surface area contributed by atoms with Crippen molar-refractivity contribution in [1.29, 1.82) is 5.26 Å². The highest BCUT2D eigenvalue weighted by atomic mass is 35.5. The van der Waals surface area contributed by atoms with Gasteiger partial charge in [0.15, 0.2) is 0 Å². The van der Waals surface area contributed by atoms with Gasteiger partial charge in [-0.05, 0) is 25.0 Å². The Morgan fingerprint density at radius 1 is 1.45 bits per heavy atom. The first-order valence-corrected chi connectivity index (χ1v) is 7.48. The third-order valence-corrected chi connectivity index (χ3v) is 4.75. The molecule has 1 fully saturated rings. The number of nitrogens with zero attached hydrogens (tertiary/aromatic N) is 1. The van der Waals surface area contributed by atoms with Crippen molar-refractivity contribution >= 4 is 45.0 Å². The SMILES string of the molecule is N#C/C(=C\c1sc2ccccc2c1Cl)C(=O)NC1CC1. The number of benzene rings is 1. The lowest BCUT2D eigenvalue weighted by molar-refractivity contribution is -0.117. The second kappa shape index (κ2) is 5.28. The van der Waals surface area contributed by atoms with Gasteiger partial charge in [0.1, 0.15) is 11.6 Å². The number of fused-ring (bicyclic) bond motifs is 1. The van der Waals surface area contributed by atoms with Gasteiger partial charge in [0.2, 0.25) is 0 Å². The maximum absolute atomic E-state index is 11.9. The van der Waals surface area contributed by atoms with Crippen LogP contribution in [0.4, 0.5) is 0 Å². The summed E-state index contributed by atoms with van der Waals surface area (Å²) >= 11 is 7.79. The molecular formula is C15H11ClN2OS. The van der Waals surface area contributed by atoms with Crippen LogP contribution >= 0.6 is 22.9 Å². The first kappa shape index (κ1) is 13.2. The summed E-state index contributed by atoms with van der Waals surface area (Å²) in [6.07, 6.45) is 3.56. The molecule has 100 valence electrons. The van der Waals surface area contributed by atoms with Crippen LogP contribution in [-0.4, -0.2) is 11.9 Å². The van der Waals surface area contributed by atoms with Gasteiger partial charge >= 0.3 is 0 Å². The molecule has 1 aliphatic rings. The van der Waals surface area contributed by atoms with E-state index in [9.17, 15) is 4.79 Å².